The molecule has 0 fully saturated rings. The summed E-state index contributed by atoms with van der Waals surface area (Å²) in [4.78, 5) is 0. The van der Waals surface area contributed by atoms with Crippen LogP contribution in [0.5, 0.6) is 0 Å². The third kappa shape index (κ3) is 7.31. The van der Waals surface area contributed by atoms with Gasteiger partial charge in [-0.2, -0.15) is 12.6 Å². The van der Waals surface area contributed by atoms with Crippen molar-refractivity contribution in [1.29, 1.82) is 0 Å². The normalized spacial score (nSPS) is 17.1. The molecule has 0 aromatic carbocycles. The van der Waals surface area contributed by atoms with Crippen molar-refractivity contribution >= 4 is 12.6 Å². The molecular weight excluding hydrogens is 119 g/mol. The molecule has 0 radical (unpaired) electrons. The molecule has 0 saturated carbocycles. The number of hydrogen-bond donors (Lipinski definition) is 2. The van der Waals surface area contributed by atoms with Crippen molar-refractivity contribution in [2.75, 3.05) is 0 Å². The van der Waals surface area contributed by atoms with Crippen molar-refractivity contribution in [3.8, 4) is 0 Å². The molecule has 0 bridgehead atoms. The first-order valence-corrected chi connectivity index (χ1v) is 2.52. The smallest absolute Gasteiger partial charge is 0.392 e. The quantitative estimate of drug-likeness (QED) is 0.301. The van der Waals surface area contributed by atoms with Gasteiger partial charge in [0.2, 0.25) is 0 Å². The van der Waals surface area contributed by atoms with Crippen molar-refractivity contribution < 1.29 is 34.7 Å². The van der Waals surface area contributed by atoms with E-state index < -0.39 is 0 Å². The van der Waals surface area contributed by atoms with E-state index in [1.165, 1.54) is 0 Å². The first-order valence-electron chi connectivity index (χ1n) is 2.00. The van der Waals surface area contributed by atoms with Gasteiger partial charge in [-0.25, -0.2) is 0 Å². The number of rotatable bonds is 1. The van der Waals surface area contributed by atoms with Crippen LogP contribution in [-0.2, 0) is 0 Å². The van der Waals surface area contributed by atoms with Crippen molar-refractivity contribution in [2.45, 2.75) is 25.2 Å². The largest absolute Gasteiger partial charge is 1.00 e. The van der Waals surface area contributed by atoms with E-state index in [-0.39, 0.29) is 40.9 Å². The maximum Gasteiger partial charge on any atom is 1.00 e. The van der Waals surface area contributed by atoms with Crippen LogP contribution in [0.2, 0.25) is 0 Å². The second-order valence-corrected chi connectivity index (χ2v) is 2.30. The Hall–Kier alpha value is 1.31. The Balaban J connectivity index is 0. The molecule has 38 valence electrons. The van der Waals surface area contributed by atoms with Gasteiger partial charge in [-0.05, 0) is 6.92 Å². The third-order valence-electron chi connectivity index (χ3n) is 0.698. The Morgan fingerprint density at radius 2 is 1.57 bits per heavy atom. The predicted molar refractivity (Wildman–Crippen MR) is 30.1 cm³/mol. The van der Waals surface area contributed by atoms with E-state index in [4.69, 9.17) is 5.11 Å². The maximum atomic E-state index is 8.55. The van der Waals surface area contributed by atoms with Crippen LogP contribution in [0.15, 0.2) is 0 Å². The molecule has 3 heteroatoms. The van der Waals surface area contributed by atoms with Gasteiger partial charge in [0.15, 0.2) is 0 Å². The predicted octanol–water partition coefficient (Wildman–Crippen LogP) is -2.31. The van der Waals surface area contributed by atoms with Crippen LogP contribution in [0.3, 0.4) is 0 Å². The third-order valence-corrected chi connectivity index (χ3v) is 1.13. The van der Waals surface area contributed by atoms with Crippen LogP contribution in [-0.4, -0.2) is 16.5 Å². The number of aliphatic hydroxyl groups is 1. The van der Waals surface area contributed by atoms with Crippen molar-refractivity contribution in [1.82, 2.24) is 0 Å². The summed E-state index contributed by atoms with van der Waals surface area (Å²) in [6.07, 6.45) is -0.284. The van der Waals surface area contributed by atoms with E-state index in [0.29, 0.717) is 0 Å². The molecule has 0 aliphatic rings. The fraction of sp³-hybridized carbons (Fsp3) is 1.00. The molecule has 0 spiro atoms. The average Bonchev–Trinajstić information content (AvgIpc) is 1.36. The molecule has 0 amide bonds. The molecule has 0 aromatic heterocycles. The van der Waals surface area contributed by atoms with Crippen LogP contribution in [0, 0.1) is 0 Å². The summed E-state index contributed by atoms with van der Waals surface area (Å²) in [5.74, 6) is 0. The Morgan fingerprint density at radius 3 is 1.57 bits per heavy atom. The van der Waals surface area contributed by atoms with Gasteiger partial charge in [-0.3, -0.25) is 0 Å². The van der Waals surface area contributed by atoms with Crippen molar-refractivity contribution in [3.05, 3.63) is 0 Å². The minimum absolute atomic E-state index is 0. The summed E-state index contributed by atoms with van der Waals surface area (Å²) in [5.41, 5.74) is 0. The zero-order valence-corrected chi connectivity index (χ0v) is 7.94. The van der Waals surface area contributed by atoms with E-state index in [9.17, 15) is 0 Å². The molecule has 0 saturated heterocycles. The SMILES string of the molecule is CC(O)C(C)S.[Na+]. The minimum atomic E-state index is -0.284. The van der Waals surface area contributed by atoms with Gasteiger partial charge in [0.25, 0.3) is 0 Å². The number of hydrogen-bond acceptors (Lipinski definition) is 2. The topological polar surface area (TPSA) is 20.2 Å². The van der Waals surface area contributed by atoms with E-state index in [1.54, 1.807) is 6.92 Å². The number of aliphatic hydroxyl groups excluding tert-OH is 1. The summed E-state index contributed by atoms with van der Waals surface area (Å²) in [5, 5.41) is 8.66. The summed E-state index contributed by atoms with van der Waals surface area (Å²) in [7, 11) is 0. The summed E-state index contributed by atoms with van der Waals surface area (Å²) in [6.45, 7) is 3.57. The Kier molecular flexibility index (Phi) is 8.68. The molecule has 0 aromatic rings. The molecule has 2 atom stereocenters. The average molecular weight is 129 g/mol. The molecule has 2 unspecified atom stereocenters. The molecule has 0 rings (SSSR count). The zero-order valence-electron chi connectivity index (χ0n) is 5.05. The van der Waals surface area contributed by atoms with Crippen LogP contribution in [0.1, 0.15) is 13.8 Å². The second kappa shape index (κ2) is 5.45. The van der Waals surface area contributed by atoms with Gasteiger partial charge in [0.05, 0.1) is 6.10 Å². The van der Waals surface area contributed by atoms with Gasteiger partial charge in [0, 0.05) is 5.25 Å². The van der Waals surface area contributed by atoms with Crippen LogP contribution >= 0.6 is 12.6 Å². The van der Waals surface area contributed by atoms with E-state index in [2.05, 4.69) is 12.6 Å². The molecular formula is C4H10NaOS+. The maximum absolute atomic E-state index is 8.55. The first kappa shape index (κ1) is 11.2. The molecule has 0 heterocycles. The first-order chi connectivity index (χ1) is 2.64. The molecule has 0 aliphatic heterocycles. The second-order valence-electron chi connectivity index (χ2n) is 1.48. The standard InChI is InChI=1S/C4H10OS.Na/c1-3(5)4(2)6;/h3-6H,1-2H3;/q;+1. The summed E-state index contributed by atoms with van der Waals surface area (Å²) in [6, 6.07) is 0. The summed E-state index contributed by atoms with van der Waals surface area (Å²) < 4.78 is 0. The van der Waals surface area contributed by atoms with Gasteiger partial charge in [-0.1, -0.05) is 6.92 Å². The Morgan fingerprint density at radius 1 is 1.43 bits per heavy atom. The van der Waals surface area contributed by atoms with Crippen LogP contribution in [0.25, 0.3) is 0 Å². The van der Waals surface area contributed by atoms with Gasteiger partial charge in [0.1, 0.15) is 0 Å². The van der Waals surface area contributed by atoms with E-state index in [1.807, 2.05) is 6.92 Å². The zero-order chi connectivity index (χ0) is 5.15. The summed E-state index contributed by atoms with van der Waals surface area (Å²) >= 11 is 3.94. The van der Waals surface area contributed by atoms with Crippen LogP contribution < -0.4 is 29.6 Å². The van der Waals surface area contributed by atoms with Crippen molar-refractivity contribution in [2.24, 2.45) is 0 Å². The number of thiol groups is 1. The molecule has 1 nitrogen and oxygen atoms in total. The van der Waals surface area contributed by atoms with Gasteiger partial charge in [-0.15, -0.1) is 0 Å². The minimum Gasteiger partial charge on any atom is -0.392 e. The fourth-order valence-corrected chi connectivity index (χ4v) is 0. The van der Waals surface area contributed by atoms with Crippen LogP contribution in [0.4, 0.5) is 0 Å². The molecule has 0 aliphatic carbocycles. The monoisotopic (exact) mass is 129 g/mol. The van der Waals surface area contributed by atoms with Gasteiger partial charge < -0.3 is 5.11 Å². The van der Waals surface area contributed by atoms with Crippen molar-refractivity contribution in [3.63, 3.8) is 0 Å². The van der Waals surface area contributed by atoms with Gasteiger partial charge >= 0.3 is 29.6 Å². The Bertz CT molecular complexity index is 32.7. The van der Waals surface area contributed by atoms with E-state index in [0.717, 1.165) is 0 Å². The molecule has 1 N–H and O–H groups in total. The van der Waals surface area contributed by atoms with E-state index >= 15 is 0 Å². The fourth-order valence-electron chi connectivity index (χ4n) is 0. The molecule has 7 heavy (non-hydrogen) atoms. The Labute approximate surface area is 72.2 Å².